The van der Waals surface area contributed by atoms with Gasteiger partial charge in [0.25, 0.3) is 0 Å². The molecule has 2 atom stereocenters. The molecule has 0 bridgehead atoms. The molecule has 1 aromatic heterocycles. The first kappa shape index (κ1) is 23.5. The Bertz CT molecular complexity index is 1220. The third-order valence-electron chi connectivity index (χ3n) is 5.62. The minimum absolute atomic E-state index is 0.0612. The maximum absolute atomic E-state index is 6.20. The Morgan fingerprint density at radius 3 is 2.82 bits per heavy atom. The molecule has 8 nitrogen and oxygen atoms in total. The van der Waals surface area contributed by atoms with Gasteiger partial charge in [-0.1, -0.05) is 6.07 Å². The number of nitrogens with two attached hydrogens (primary N) is 1. The van der Waals surface area contributed by atoms with Crippen molar-refractivity contribution in [2.24, 2.45) is 9.98 Å². The van der Waals surface area contributed by atoms with Crippen molar-refractivity contribution in [1.82, 2.24) is 4.98 Å². The molecule has 1 unspecified atom stereocenters. The quantitative estimate of drug-likeness (QED) is 0.304. The molecule has 0 saturated carbocycles. The van der Waals surface area contributed by atoms with E-state index in [1.165, 1.54) is 0 Å². The van der Waals surface area contributed by atoms with E-state index in [-0.39, 0.29) is 12.1 Å². The molecule has 2 heterocycles. The molecular weight excluding hydrogens is 430 g/mol. The van der Waals surface area contributed by atoms with Crippen LogP contribution >= 0.6 is 0 Å². The molecule has 0 radical (unpaired) electrons. The van der Waals surface area contributed by atoms with Crippen LogP contribution in [0.2, 0.25) is 0 Å². The summed E-state index contributed by atoms with van der Waals surface area (Å²) in [5, 5.41) is 4.30. The smallest absolute Gasteiger partial charge is 0.162 e. The molecule has 1 saturated heterocycles. The van der Waals surface area contributed by atoms with E-state index in [9.17, 15) is 0 Å². The zero-order chi connectivity index (χ0) is 24.1. The van der Waals surface area contributed by atoms with Crippen LogP contribution in [0.4, 0.5) is 11.4 Å². The molecule has 1 aliphatic rings. The van der Waals surface area contributed by atoms with Crippen molar-refractivity contribution in [2.75, 3.05) is 31.4 Å². The highest BCUT2D eigenvalue weighted by atomic mass is 16.6. The zero-order valence-corrected chi connectivity index (χ0v) is 20.0. The number of methoxy groups -OCH3 is 1. The number of hydrogen-bond acceptors (Lipinski definition) is 6. The number of nitrogen functional groups attached to an aromatic ring is 1. The molecule has 0 amide bonds. The summed E-state index contributed by atoms with van der Waals surface area (Å²) in [5.41, 5.74) is 9.52. The second-order valence-corrected chi connectivity index (χ2v) is 8.33. The monoisotopic (exact) mass is 461 g/mol. The van der Waals surface area contributed by atoms with E-state index >= 15 is 0 Å². The van der Waals surface area contributed by atoms with Gasteiger partial charge in [-0.3, -0.25) is 9.98 Å². The maximum Gasteiger partial charge on any atom is 0.162 e. The number of nitrogens with zero attached hydrogens (tertiary/aromatic N) is 3. The van der Waals surface area contributed by atoms with Gasteiger partial charge < -0.3 is 25.3 Å². The van der Waals surface area contributed by atoms with Crippen molar-refractivity contribution < 1.29 is 14.2 Å². The minimum Gasteiger partial charge on any atom is -0.493 e. The fourth-order valence-corrected chi connectivity index (χ4v) is 3.98. The van der Waals surface area contributed by atoms with Crippen molar-refractivity contribution in [3.8, 4) is 11.5 Å². The van der Waals surface area contributed by atoms with Crippen LogP contribution in [0.5, 0.6) is 11.5 Å². The lowest BCUT2D eigenvalue weighted by Gasteiger charge is -2.16. The van der Waals surface area contributed by atoms with Gasteiger partial charge in [-0.2, -0.15) is 0 Å². The average Bonchev–Trinajstić information content (AvgIpc) is 3.33. The fourth-order valence-electron chi connectivity index (χ4n) is 3.98. The average molecular weight is 462 g/mol. The summed E-state index contributed by atoms with van der Waals surface area (Å²) in [4.78, 5) is 13.7. The summed E-state index contributed by atoms with van der Waals surface area (Å²) in [6.07, 6.45) is 2.69. The summed E-state index contributed by atoms with van der Waals surface area (Å²) in [6.45, 7) is 7.14. The molecule has 8 heteroatoms. The van der Waals surface area contributed by atoms with Crippen LogP contribution in [-0.4, -0.2) is 43.1 Å². The fraction of sp³-hybridized carbons (Fsp3) is 0.346. The normalized spacial score (nSPS) is 17.6. The molecular formula is C26H31N5O3. The van der Waals surface area contributed by atoms with Crippen LogP contribution in [0.15, 0.2) is 58.6 Å². The first-order chi connectivity index (χ1) is 16.4. The number of pyridine rings is 1. The maximum atomic E-state index is 6.20. The first-order valence-electron chi connectivity index (χ1n) is 11.4. The van der Waals surface area contributed by atoms with Gasteiger partial charge in [0.2, 0.25) is 0 Å². The Labute approximate surface area is 199 Å². The highest BCUT2D eigenvalue weighted by molar-refractivity contribution is 6.02. The van der Waals surface area contributed by atoms with Crippen LogP contribution in [0.25, 0.3) is 10.9 Å². The number of fused-ring (bicyclic) bond motifs is 1. The summed E-state index contributed by atoms with van der Waals surface area (Å²) in [5.74, 6) is 2.74. The highest BCUT2D eigenvalue weighted by Gasteiger charge is 2.19. The van der Waals surface area contributed by atoms with Crippen molar-refractivity contribution in [3.05, 3.63) is 54.2 Å². The van der Waals surface area contributed by atoms with E-state index in [4.69, 9.17) is 24.9 Å². The molecule has 4 rings (SSSR count). The Hall–Kier alpha value is -3.65. The van der Waals surface area contributed by atoms with Gasteiger partial charge in [0.05, 0.1) is 37.6 Å². The van der Waals surface area contributed by atoms with E-state index in [0.717, 1.165) is 41.0 Å². The predicted molar refractivity (Wildman–Crippen MR) is 137 cm³/mol. The Morgan fingerprint density at radius 2 is 2.06 bits per heavy atom. The van der Waals surface area contributed by atoms with E-state index in [2.05, 4.69) is 21.4 Å². The third-order valence-corrected chi connectivity index (χ3v) is 5.62. The molecule has 1 fully saturated rings. The second kappa shape index (κ2) is 10.5. The molecule has 0 aliphatic carbocycles. The Kier molecular flexibility index (Phi) is 7.27. The third kappa shape index (κ3) is 5.63. The van der Waals surface area contributed by atoms with Gasteiger partial charge in [0, 0.05) is 29.8 Å². The summed E-state index contributed by atoms with van der Waals surface area (Å²) < 4.78 is 16.9. The molecule has 178 valence electrons. The van der Waals surface area contributed by atoms with Gasteiger partial charge in [-0.05, 0) is 56.7 Å². The molecule has 1 aliphatic heterocycles. The number of ether oxygens (including phenoxy) is 3. The van der Waals surface area contributed by atoms with Crippen LogP contribution < -0.4 is 20.5 Å². The van der Waals surface area contributed by atoms with Gasteiger partial charge in [-0.15, -0.1) is 0 Å². The number of aromatic nitrogens is 1. The number of hydrogen-bond donors (Lipinski definition) is 2. The van der Waals surface area contributed by atoms with Gasteiger partial charge in [-0.25, -0.2) is 4.99 Å². The first-order valence-corrected chi connectivity index (χ1v) is 11.4. The lowest BCUT2D eigenvalue weighted by Crippen LogP contribution is -2.16. The van der Waals surface area contributed by atoms with Crippen molar-refractivity contribution >= 4 is 33.9 Å². The zero-order valence-electron chi connectivity index (χ0n) is 20.0. The molecule has 3 aromatic rings. The Morgan fingerprint density at radius 1 is 1.21 bits per heavy atom. The van der Waals surface area contributed by atoms with Crippen LogP contribution in [0, 0.1) is 0 Å². The van der Waals surface area contributed by atoms with E-state index in [1.54, 1.807) is 13.3 Å². The van der Waals surface area contributed by atoms with E-state index < -0.39 is 0 Å². The number of aliphatic imine (C=N–C) groups is 2. The summed E-state index contributed by atoms with van der Waals surface area (Å²) in [7, 11) is 1.63. The molecule has 0 spiro atoms. The number of rotatable bonds is 6. The molecule has 3 N–H and O–H groups in total. The SMILES string of the molecule is COc1cc(NC(C)=NC(C)=N[C@H](C)c2cc(N)c3ncccc3c2)ccc1OC1CCOC1. The lowest BCUT2D eigenvalue weighted by molar-refractivity contribution is 0.138. The summed E-state index contributed by atoms with van der Waals surface area (Å²) in [6, 6.07) is 13.5. The van der Waals surface area contributed by atoms with Crippen molar-refractivity contribution in [2.45, 2.75) is 39.3 Å². The van der Waals surface area contributed by atoms with Crippen molar-refractivity contribution in [3.63, 3.8) is 0 Å². The van der Waals surface area contributed by atoms with Gasteiger partial charge in [0.15, 0.2) is 11.5 Å². The van der Waals surface area contributed by atoms with E-state index in [1.807, 2.05) is 57.2 Å². The van der Waals surface area contributed by atoms with Gasteiger partial charge in [0.1, 0.15) is 17.8 Å². The number of anilines is 2. The van der Waals surface area contributed by atoms with Gasteiger partial charge >= 0.3 is 0 Å². The second-order valence-electron chi connectivity index (χ2n) is 8.33. The highest BCUT2D eigenvalue weighted by Crippen LogP contribution is 2.32. The molecule has 2 aromatic carbocycles. The van der Waals surface area contributed by atoms with Crippen LogP contribution in [-0.2, 0) is 4.74 Å². The largest absolute Gasteiger partial charge is 0.493 e. The predicted octanol–water partition coefficient (Wildman–Crippen LogP) is 5.00. The van der Waals surface area contributed by atoms with Crippen LogP contribution in [0.1, 0.15) is 38.8 Å². The Balaban J connectivity index is 1.45. The number of benzene rings is 2. The number of amidine groups is 2. The summed E-state index contributed by atoms with van der Waals surface area (Å²) >= 11 is 0. The number of nitrogens with one attached hydrogen (secondary N) is 1. The molecule has 34 heavy (non-hydrogen) atoms. The lowest BCUT2D eigenvalue weighted by atomic mass is 10.0. The topological polar surface area (TPSA) is 103 Å². The minimum atomic E-state index is -0.0976. The standard InChI is InChI=1S/C26H31N5O3/c1-16(20-12-19-6-5-10-28-26(19)23(27)13-20)29-17(2)30-18(3)31-21-7-8-24(25(14-21)32-4)34-22-9-11-33-15-22/h5-8,10,12-14,16,22H,9,11,15,27H2,1-4H3,(H,29,30,31)/t16-,22?/m1/s1. The van der Waals surface area contributed by atoms with Crippen molar-refractivity contribution in [1.29, 1.82) is 0 Å². The van der Waals surface area contributed by atoms with E-state index in [0.29, 0.717) is 29.6 Å². The van der Waals surface area contributed by atoms with Crippen LogP contribution in [0.3, 0.4) is 0 Å².